The summed E-state index contributed by atoms with van der Waals surface area (Å²) in [7, 11) is 3.17. The first-order chi connectivity index (χ1) is 6.61. The Bertz CT molecular complexity index is 371. The monoisotopic (exact) mass is 213 g/mol. The molecule has 1 rings (SSSR count). The number of hydrogen-bond donors (Lipinski definition) is 0. The number of thiocarbonyl (C=S) groups is 1. The molecule has 0 aromatic carbocycles. The highest BCUT2D eigenvalue weighted by Crippen LogP contribution is 1.99. The van der Waals surface area contributed by atoms with Crippen molar-refractivity contribution in [3.8, 4) is 0 Å². The average Bonchev–Trinajstić information content (AvgIpc) is 2.57. The summed E-state index contributed by atoms with van der Waals surface area (Å²) in [5, 5.41) is 0. The summed E-state index contributed by atoms with van der Waals surface area (Å²) in [6, 6.07) is 0. The molecule has 0 N–H and O–H groups in total. The molecule has 0 fully saturated rings. The number of carbonyl (C=O) groups excluding carboxylic acids is 1. The molecule has 1 aromatic heterocycles. The predicted molar refractivity (Wildman–Crippen MR) is 55.0 cm³/mol. The number of imidazole rings is 1. The second-order valence-electron chi connectivity index (χ2n) is 2.84. The lowest BCUT2D eigenvalue weighted by atomic mass is 10.4. The Morgan fingerprint density at radius 1 is 1.71 bits per heavy atom. The number of carbonyl (C=O) groups is 1. The van der Waals surface area contributed by atoms with Crippen LogP contribution in [0.4, 0.5) is 0 Å². The molecule has 76 valence electrons. The minimum Gasteiger partial charge on any atom is -0.465 e. The number of rotatable bonds is 3. The van der Waals surface area contributed by atoms with Crippen LogP contribution in [0.25, 0.3) is 0 Å². The quantitative estimate of drug-likeness (QED) is 0.312. The maximum Gasteiger partial charge on any atom is 0.357 e. The van der Waals surface area contributed by atoms with Crippen molar-refractivity contribution in [1.29, 1.82) is 0 Å². The second kappa shape index (κ2) is 4.32. The van der Waals surface area contributed by atoms with Gasteiger partial charge >= 0.3 is 11.8 Å². The molecule has 5 heteroatoms. The molecule has 0 saturated carbocycles. The smallest absolute Gasteiger partial charge is 0.357 e. The van der Waals surface area contributed by atoms with Crippen molar-refractivity contribution < 1.29 is 14.1 Å². The Labute approximate surface area is 88.1 Å². The second-order valence-corrected chi connectivity index (χ2v) is 3.25. The van der Waals surface area contributed by atoms with Gasteiger partial charge in [0.25, 0.3) is 0 Å². The molecule has 0 saturated heterocycles. The van der Waals surface area contributed by atoms with Gasteiger partial charge in [-0.1, -0.05) is 12.2 Å². The normalized spacial score (nSPS) is 9.93. The van der Waals surface area contributed by atoms with Gasteiger partial charge in [-0.25, -0.2) is 13.9 Å². The zero-order valence-electron chi connectivity index (χ0n) is 8.48. The van der Waals surface area contributed by atoms with Gasteiger partial charge < -0.3 is 4.74 Å². The zero-order valence-corrected chi connectivity index (χ0v) is 9.30. The molecule has 0 spiro atoms. The fourth-order valence-corrected chi connectivity index (χ4v) is 1.60. The predicted octanol–water partition coefficient (Wildman–Crippen LogP) is 0.223. The number of aromatic nitrogens is 2. The minimum atomic E-state index is -0.469. The Morgan fingerprint density at radius 2 is 2.36 bits per heavy atom. The molecule has 1 aromatic rings. The van der Waals surface area contributed by atoms with Crippen molar-refractivity contribution in [1.82, 2.24) is 4.57 Å². The van der Waals surface area contributed by atoms with Crippen LogP contribution in [-0.4, -0.2) is 22.5 Å². The van der Waals surface area contributed by atoms with Crippen LogP contribution < -0.4 is 4.57 Å². The molecule has 0 atom stereocenters. The molecule has 0 amide bonds. The summed E-state index contributed by atoms with van der Waals surface area (Å²) in [6.45, 7) is 2.76. The van der Waals surface area contributed by atoms with E-state index in [2.05, 4.69) is 4.74 Å². The molecule has 4 nitrogen and oxygen atoms in total. The number of methoxy groups -OCH3 is 1. The zero-order chi connectivity index (χ0) is 10.7. The Balaban J connectivity index is 3.10. The summed E-state index contributed by atoms with van der Waals surface area (Å²) in [6.07, 6.45) is 3.73. The number of aryl methyl sites for hydroxylation is 2. The standard InChI is InChI=1S/C9H13N2O2S/c1-4-11-6-5-10(2)8(11)7(14)9(12)13-3/h5-6H,4H2,1-3H3/q+1. The van der Waals surface area contributed by atoms with Crippen LogP contribution in [0.1, 0.15) is 12.7 Å². The topological polar surface area (TPSA) is 35.1 Å². The van der Waals surface area contributed by atoms with Crippen LogP contribution in [0, 0.1) is 0 Å². The third-order valence-electron chi connectivity index (χ3n) is 1.99. The van der Waals surface area contributed by atoms with Crippen molar-refractivity contribution in [2.45, 2.75) is 13.5 Å². The number of ether oxygens (including phenoxy) is 1. The summed E-state index contributed by atoms with van der Waals surface area (Å²) in [5.41, 5.74) is 0. The SMILES string of the molecule is CCn1cc[n+](C)c1C(=S)C(=O)OC. The largest absolute Gasteiger partial charge is 0.465 e. The van der Waals surface area contributed by atoms with E-state index in [1.54, 1.807) is 0 Å². The maximum atomic E-state index is 11.2. The van der Waals surface area contributed by atoms with Crippen LogP contribution in [-0.2, 0) is 23.1 Å². The van der Waals surface area contributed by atoms with Crippen molar-refractivity contribution in [2.24, 2.45) is 7.05 Å². The Morgan fingerprint density at radius 3 is 2.86 bits per heavy atom. The van der Waals surface area contributed by atoms with Crippen molar-refractivity contribution in [3.05, 3.63) is 18.2 Å². The third-order valence-corrected chi connectivity index (χ3v) is 2.34. The first kappa shape index (κ1) is 10.8. The third kappa shape index (κ3) is 1.82. The molecular formula is C9H13N2O2S+. The molecule has 14 heavy (non-hydrogen) atoms. The maximum absolute atomic E-state index is 11.2. The van der Waals surface area contributed by atoms with E-state index in [-0.39, 0.29) is 4.86 Å². The molecule has 0 unspecified atom stereocenters. The van der Waals surface area contributed by atoms with Gasteiger partial charge in [0.15, 0.2) is 0 Å². The highest BCUT2D eigenvalue weighted by molar-refractivity contribution is 7.82. The molecular weight excluding hydrogens is 200 g/mol. The van der Waals surface area contributed by atoms with Gasteiger partial charge in [-0.3, -0.25) is 0 Å². The van der Waals surface area contributed by atoms with Crippen LogP contribution in [0.3, 0.4) is 0 Å². The lowest BCUT2D eigenvalue weighted by molar-refractivity contribution is -0.672. The summed E-state index contributed by atoms with van der Waals surface area (Å²) in [4.78, 5) is 11.5. The van der Waals surface area contributed by atoms with Gasteiger partial charge in [-0.2, -0.15) is 0 Å². The van der Waals surface area contributed by atoms with Crippen LogP contribution in [0.5, 0.6) is 0 Å². The first-order valence-electron chi connectivity index (χ1n) is 4.29. The van der Waals surface area contributed by atoms with Crippen LogP contribution in [0.15, 0.2) is 12.4 Å². The number of nitrogens with zero attached hydrogens (tertiary/aromatic N) is 2. The van der Waals surface area contributed by atoms with Gasteiger partial charge in [-0.15, -0.1) is 0 Å². The van der Waals surface area contributed by atoms with E-state index in [4.69, 9.17) is 12.2 Å². The summed E-state index contributed by atoms with van der Waals surface area (Å²) < 4.78 is 8.29. The lowest BCUT2D eigenvalue weighted by Gasteiger charge is -2.00. The highest BCUT2D eigenvalue weighted by atomic mass is 32.1. The molecule has 0 aliphatic heterocycles. The molecule has 0 aliphatic carbocycles. The molecule has 0 aliphatic rings. The van der Waals surface area contributed by atoms with E-state index in [1.807, 2.05) is 35.5 Å². The minimum absolute atomic E-state index is 0.210. The molecule has 0 radical (unpaired) electrons. The van der Waals surface area contributed by atoms with Gasteiger partial charge in [-0.05, 0) is 6.92 Å². The molecule has 0 bridgehead atoms. The van der Waals surface area contributed by atoms with E-state index in [1.165, 1.54) is 7.11 Å². The Kier molecular flexibility index (Phi) is 3.35. The van der Waals surface area contributed by atoms with Crippen LogP contribution >= 0.6 is 12.2 Å². The van der Waals surface area contributed by atoms with E-state index >= 15 is 0 Å². The first-order valence-corrected chi connectivity index (χ1v) is 4.70. The van der Waals surface area contributed by atoms with Gasteiger partial charge in [0.05, 0.1) is 20.7 Å². The van der Waals surface area contributed by atoms with E-state index in [0.29, 0.717) is 5.82 Å². The molecule has 1 heterocycles. The number of esters is 1. The summed E-state index contributed by atoms with van der Waals surface area (Å²) >= 11 is 5.02. The Hall–Kier alpha value is -1.23. The van der Waals surface area contributed by atoms with Crippen LogP contribution in [0.2, 0.25) is 0 Å². The fourth-order valence-electron chi connectivity index (χ4n) is 1.25. The van der Waals surface area contributed by atoms with Crippen molar-refractivity contribution >= 4 is 23.1 Å². The van der Waals surface area contributed by atoms with E-state index in [9.17, 15) is 4.79 Å². The van der Waals surface area contributed by atoms with Crippen molar-refractivity contribution in [2.75, 3.05) is 7.11 Å². The van der Waals surface area contributed by atoms with E-state index < -0.39 is 5.97 Å². The van der Waals surface area contributed by atoms with Crippen molar-refractivity contribution in [3.63, 3.8) is 0 Å². The average molecular weight is 213 g/mol. The van der Waals surface area contributed by atoms with Gasteiger partial charge in [0.1, 0.15) is 12.4 Å². The number of hydrogen-bond acceptors (Lipinski definition) is 3. The fraction of sp³-hybridized carbons (Fsp3) is 0.444. The van der Waals surface area contributed by atoms with Gasteiger partial charge in [0, 0.05) is 0 Å². The summed E-state index contributed by atoms with van der Waals surface area (Å²) in [5.74, 6) is 0.235. The van der Waals surface area contributed by atoms with Gasteiger partial charge in [0.2, 0.25) is 4.86 Å². The lowest BCUT2D eigenvalue weighted by Crippen LogP contribution is -2.37. The highest BCUT2D eigenvalue weighted by Gasteiger charge is 2.25. The van der Waals surface area contributed by atoms with E-state index in [0.717, 1.165) is 6.54 Å².